The van der Waals surface area contributed by atoms with Gasteiger partial charge >= 0.3 is 0 Å². The second-order valence-electron chi connectivity index (χ2n) is 5.00. The van der Waals surface area contributed by atoms with Crippen LogP contribution in [0.25, 0.3) is 0 Å². The van der Waals surface area contributed by atoms with Crippen LogP contribution < -0.4 is 5.32 Å². The topological polar surface area (TPSA) is 12.0 Å². The maximum absolute atomic E-state index is 3.74. The van der Waals surface area contributed by atoms with Gasteiger partial charge in [0.1, 0.15) is 0 Å². The average molecular weight is 322 g/mol. The molecule has 1 N–H and O–H groups in total. The first-order valence-corrected chi connectivity index (χ1v) is 9.72. The monoisotopic (exact) mass is 321 g/mol. The number of rotatable bonds is 5. The van der Waals surface area contributed by atoms with Gasteiger partial charge in [-0.05, 0) is 35.6 Å². The molecule has 0 saturated heterocycles. The van der Waals surface area contributed by atoms with Crippen molar-refractivity contribution in [2.75, 3.05) is 12.3 Å². The third-order valence-corrected chi connectivity index (χ3v) is 6.77. The lowest BCUT2D eigenvalue weighted by Crippen LogP contribution is -2.28. The predicted molar refractivity (Wildman–Crippen MR) is 92.2 cm³/mol. The number of thioether (sulfide) groups is 2. The summed E-state index contributed by atoms with van der Waals surface area (Å²) < 4.78 is 1.51. The van der Waals surface area contributed by atoms with E-state index in [-0.39, 0.29) is 0 Å². The lowest BCUT2D eigenvalue weighted by molar-refractivity contribution is 0.505. The minimum absolute atomic E-state index is 0.545. The van der Waals surface area contributed by atoms with Crippen LogP contribution in [-0.4, -0.2) is 17.5 Å². The molecule has 0 amide bonds. The fourth-order valence-electron chi connectivity index (χ4n) is 2.46. The first-order valence-electron chi connectivity index (χ1n) is 6.98. The number of hydrogen-bond donors (Lipinski definition) is 1. The van der Waals surface area contributed by atoms with Crippen molar-refractivity contribution in [3.63, 3.8) is 0 Å². The Labute approximate surface area is 133 Å². The van der Waals surface area contributed by atoms with E-state index in [0.717, 1.165) is 17.5 Å². The Morgan fingerprint density at radius 3 is 2.95 bits per heavy atom. The molecule has 1 aromatic heterocycles. The molecule has 0 saturated carbocycles. The van der Waals surface area contributed by atoms with Gasteiger partial charge in [-0.15, -0.1) is 34.9 Å². The lowest BCUT2D eigenvalue weighted by atomic mass is 10.1. The van der Waals surface area contributed by atoms with Gasteiger partial charge in [0.2, 0.25) is 0 Å². The van der Waals surface area contributed by atoms with E-state index in [1.165, 1.54) is 21.1 Å². The molecule has 2 heterocycles. The van der Waals surface area contributed by atoms with Gasteiger partial charge in [-0.25, -0.2) is 0 Å². The fraction of sp³-hybridized carbons (Fsp3) is 0.375. The Hall–Kier alpha value is -0.420. The number of hydrogen-bond acceptors (Lipinski definition) is 4. The van der Waals surface area contributed by atoms with Gasteiger partial charge in [0, 0.05) is 28.5 Å². The largest absolute Gasteiger partial charge is 0.309 e. The van der Waals surface area contributed by atoms with E-state index in [4.69, 9.17) is 0 Å². The third kappa shape index (κ3) is 3.61. The van der Waals surface area contributed by atoms with E-state index < -0.39 is 0 Å². The summed E-state index contributed by atoms with van der Waals surface area (Å²) in [4.78, 5) is 1.36. The lowest BCUT2D eigenvalue weighted by Gasteiger charge is -2.27. The van der Waals surface area contributed by atoms with Crippen molar-refractivity contribution in [2.45, 2.75) is 33.7 Å². The minimum atomic E-state index is 0.545. The van der Waals surface area contributed by atoms with E-state index in [2.05, 4.69) is 54.0 Å². The van der Waals surface area contributed by atoms with Gasteiger partial charge in [0.15, 0.2) is 0 Å². The summed E-state index contributed by atoms with van der Waals surface area (Å²) in [6.45, 7) is 3.40. The molecule has 2 aromatic rings. The van der Waals surface area contributed by atoms with E-state index in [0.29, 0.717) is 6.04 Å². The maximum Gasteiger partial charge on any atom is 0.0649 e. The van der Waals surface area contributed by atoms with Crippen LogP contribution in [0.5, 0.6) is 0 Å². The summed E-state index contributed by atoms with van der Waals surface area (Å²) in [5.74, 6) is 1.13. The van der Waals surface area contributed by atoms with Gasteiger partial charge < -0.3 is 5.32 Å². The van der Waals surface area contributed by atoms with Crippen LogP contribution in [0, 0.1) is 0 Å². The normalized spacial score (nSPS) is 21.6. The van der Waals surface area contributed by atoms with Crippen LogP contribution >= 0.6 is 34.9 Å². The van der Waals surface area contributed by atoms with E-state index in [1.807, 2.05) is 34.9 Å². The molecule has 106 valence electrons. The van der Waals surface area contributed by atoms with E-state index >= 15 is 0 Å². The zero-order valence-electron chi connectivity index (χ0n) is 11.5. The van der Waals surface area contributed by atoms with Crippen molar-refractivity contribution < 1.29 is 0 Å². The van der Waals surface area contributed by atoms with Crippen LogP contribution in [0.4, 0.5) is 0 Å². The van der Waals surface area contributed by atoms with Gasteiger partial charge in [-0.3, -0.25) is 0 Å². The van der Waals surface area contributed by atoms with Gasteiger partial charge in [-0.2, -0.15) is 0 Å². The van der Waals surface area contributed by atoms with Crippen molar-refractivity contribution in [1.82, 2.24) is 5.32 Å². The molecular weight excluding hydrogens is 302 g/mol. The smallest absolute Gasteiger partial charge is 0.0649 e. The Morgan fingerprint density at radius 1 is 1.25 bits per heavy atom. The molecule has 1 unspecified atom stereocenters. The number of benzene rings is 1. The highest BCUT2D eigenvalue weighted by Crippen LogP contribution is 2.43. The van der Waals surface area contributed by atoms with Crippen LogP contribution in [0.2, 0.25) is 0 Å². The fourth-order valence-corrected chi connectivity index (χ4v) is 5.83. The molecule has 0 bridgehead atoms. The van der Waals surface area contributed by atoms with Gasteiger partial charge in [0.05, 0.1) is 4.21 Å². The summed E-state index contributed by atoms with van der Waals surface area (Å²) in [6, 6.07) is 13.5. The molecule has 1 nitrogen and oxygen atoms in total. The highest BCUT2D eigenvalue weighted by atomic mass is 32.2. The van der Waals surface area contributed by atoms with E-state index in [9.17, 15) is 0 Å². The molecule has 4 heteroatoms. The summed E-state index contributed by atoms with van der Waals surface area (Å²) in [6.07, 6.45) is 1.24. The van der Waals surface area contributed by atoms with Crippen molar-refractivity contribution in [3.8, 4) is 0 Å². The van der Waals surface area contributed by atoms with Crippen molar-refractivity contribution >= 4 is 34.9 Å². The second kappa shape index (κ2) is 7.03. The highest BCUT2D eigenvalue weighted by molar-refractivity contribution is 8.01. The summed E-state index contributed by atoms with van der Waals surface area (Å²) in [5, 5.41) is 6.68. The molecule has 1 aliphatic heterocycles. The third-order valence-electron chi connectivity index (χ3n) is 3.41. The number of thiophene rings is 1. The Bertz CT molecular complexity index is 538. The predicted octanol–water partition coefficient (Wildman–Crippen LogP) is 5.06. The first-order chi connectivity index (χ1) is 9.83. The molecule has 0 spiro atoms. The SMILES string of the molecule is C[C@H]1CC(NCCSc2ccccc2)c2ccsc2S1. The highest BCUT2D eigenvalue weighted by Gasteiger charge is 2.25. The van der Waals surface area contributed by atoms with Crippen LogP contribution in [0.1, 0.15) is 24.9 Å². The standard InChI is InChI=1S/C16H19NS3/c1-12-11-15(14-7-9-19-16(14)20-12)17-8-10-18-13-5-3-2-4-6-13/h2-7,9,12,15,17H,8,10-11H2,1H3/t12-,15?/m0/s1. The quantitative estimate of drug-likeness (QED) is 0.611. The molecule has 20 heavy (non-hydrogen) atoms. The van der Waals surface area contributed by atoms with Crippen molar-refractivity contribution in [1.29, 1.82) is 0 Å². The van der Waals surface area contributed by atoms with Crippen LogP contribution in [-0.2, 0) is 0 Å². The number of fused-ring (bicyclic) bond motifs is 1. The molecule has 0 aliphatic carbocycles. The summed E-state index contributed by atoms with van der Waals surface area (Å²) in [7, 11) is 0. The number of nitrogens with one attached hydrogen (secondary N) is 1. The van der Waals surface area contributed by atoms with Crippen LogP contribution in [0.15, 0.2) is 50.9 Å². The molecule has 2 atom stereocenters. The Morgan fingerprint density at radius 2 is 2.10 bits per heavy atom. The summed E-state index contributed by atoms with van der Waals surface area (Å²) in [5.41, 5.74) is 1.52. The first kappa shape index (κ1) is 14.5. The van der Waals surface area contributed by atoms with Crippen molar-refractivity contribution in [2.24, 2.45) is 0 Å². The molecule has 0 fully saturated rings. The van der Waals surface area contributed by atoms with Crippen molar-refractivity contribution in [3.05, 3.63) is 47.3 Å². The average Bonchev–Trinajstić information content (AvgIpc) is 2.92. The molecular formula is C16H19NS3. The molecule has 3 rings (SSSR count). The summed E-state index contributed by atoms with van der Waals surface area (Å²) >= 11 is 5.85. The second-order valence-corrected chi connectivity index (χ2v) is 8.79. The van der Waals surface area contributed by atoms with E-state index in [1.54, 1.807) is 0 Å². The maximum atomic E-state index is 3.74. The molecule has 0 radical (unpaired) electrons. The van der Waals surface area contributed by atoms with Crippen LogP contribution in [0.3, 0.4) is 0 Å². The Kier molecular flexibility index (Phi) is 5.10. The molecule has 1 aromatic carbocycles. The zero-order chi connectivity index (χ0) is 13.8. The van der Waals surface area contributed by atoms with Gasteiger partial charge in [-0.1, -0.05) is 25.1 Å². The zero-order valence-corrected chi connectivity index (χ0v) is 14.0. The minimum Gasteiger partial charge on any atom is -0.309 e. The van der Waals surface area contributed by atoms with Gasteiger partial charge in [0.25, 0.3) is 0 Å². The Balaban J connectivity index is 1.50. The molecule has 1 aliphatic rings.